The third-order valence-electron chi connectivity index (χ3n) is 6.88. The number of aliphatic hydroxyl groups is 1. The Kier molecular flexibility index (Phi) is 7.29. The Morgan fingerprint density at radius 2 is 1.84 bits per heavy atom. The molecule has 0 spiro atoms. The first-order chi connectivity index (χ1) is 17.9. The maximum atomic E-state index is 13.9. The van der Waals surface area contributed by atoms with Gasteiger partial charge in [-0.15, -0.1) is 0 Å². The number of hydrogen-bond donors (Lipinski definition) is 1. The molecule has 7 heteroatoms. The Bertz CT molecular complexity index is 1330. The predicted molar refractivity (Wildman–Crippen MR) is 142 cm³/mol. The third kappa shape index (κ3) is 5.55. The molecule has 2 aliphatic rings. The van der Waals surface area contributed by atoms with Crippen molar-refractivity contribution in [3.05, 3.63) is 60.2 Å². The number of imidazole rings is 1. The second-order valence-electron chi connectivity index (χ2n) is 10.1. The predicted octanol–water partition coefficient (Wildman–Crippen LogP) is 5.35. The van der Waals surface area contributed by atoms with E-state index in [1.807, 2.05) is 24.5 Å². The first kappa shape index (κ1) is 25.0. The molecule has 0 saturated carbocycles. The van der Waals surface area contributed by atoms with Crippen LogP contribution in [0.25, 0.3) is 22.5 Å². The first-order valence-corrected chi connectivity index (χ1v) is 13.0. The molecule has 1 N–H and O–H groups in total. The van der Waals surface area contributed by atoms with Crippen LogP contribution in [0.2, 0.25) is 0 Å². The van der Waals surface area contributed by atoms with E-state index in [2.05, 4.69) is 35.1 Å². The average molecular weight is 502 g/mol. The van der Waals surface area contributed by atoms with Gasteiger partial charge in [0.2, 0.25) is 0 Å². The van der Waals surface area contributed by atoms with Crippen molar-refractivity contribution < 1.29 is 19.0 Å². The number of rotatable bonds is 4. The summed E-state index contributed by atoms with van der Waals surface area (Å²) in [4.78, 5) is 19.3. The Hall–Kier alpha value is -3.63. The molecule has 0 unspecified atom stereocenters. The standard InChI is InChI=1S/C30H32FN3O3/c1-20(2)30-32-28(22-7-6-8-24(17-22)33-14-4-3-5-15-33)29(21-9-11-23(31)12-10-21)34(30)16-13-26-18-25(35)19-27(36)37-26/h6-12,17,20,25-26,35H,3-5,14-15,18-19H2,1-2H3/t25-,26-/m1/s1. The molecule has 2 fully saturated rings. The van der Waals surface area contributed by atoms with Gasteiger partial charge in [0.05, 0.1) is 23.9 Å². The Morgan fingerprint density at radius 1 is 1.08 bits per heavy atom. The molecule has 3 heterocycles. The topological polar surface area (TPSA) is 67.6 Å². The molecule has 0 amide bonds. The van der Waals surface area contributed by atoms with Crippen molar-refractivity contribution in [2.45, 2.75) is 64.1 Å². The number of anilines is 1. The monoisotopic (exact) mass is 501 g/mol. The smallest absolute Gasteiger partial charge is 0.309 e. The van der Waals surface area contributed by atoms with Gasteiger partial charge in [0.1, 0.15) is 11.6 Å². The van der Waals surface area contributed by atoms with E-state index in [1.165, 1.54) is 31.4 Å². The van der Waals surface area contributed by atoms with E-state index in [0.29, 0.717) is 0 Å². The fourth-order valence-electron chi connectivity index (χ4n) is 5.02. The van der Waals surface area contributed by atoms with Crippen LogP contribution in [-0.2, 0) is 9.53 Å². The molecular weight excluding hydrogens is 469 g/mol. The number of carbonyl (C=O) groups is 1. The van der Waals surface area contributed by atoms with Gasteiger partial charge in [-0.05, 0) is 61.6 Å². The van der Waals surface area contributed by atoms with Gasteiger partial charge in [-0.1, -0.05) is 26.0 Å². The van der Waals surface area contributed by atoms with Crippen molar-refractivity contribution in [3.8, 4) is 34.5 Å². The number of aliphatic hydroxyl groups excluding tert-OH is 1. The highest BCUT2D eigenvalue weighted by Gasteiger charge is 2.27. The van der Waals surface area contributed by atoms with Crippen LogP contribution in [0.3, 0.4) is 0 Å². The molecule has 6 nitrogen and oxygen atoms in total. The summed E-state index contributed by atoms with van der Waals surface area (Å²) in [5, 5.41) is 10.0. The van der Waals surface area contributed by atoms with Gasteiger partial charge in [-0.25, -0.2) is 9.37 Å². The summed E-state index contributed by atoms with van der Waals surface area (Å²) in [6.07, 6.45) is 2.42. The van der Waals surface area contributed by atoms with Crippen LogP contribution in [0.4, 0.5) is 10.1 Å². The number of halogens is 1. The molecule has 3 aromatic rings. The zero-order valence-electron chi connectivity index (χ0n) is 21.3. The van der Waals surface area contributed by atoms with Crippen molar-refractivity contribution in [1.82, 2.24) is 9.55 Å². The molecule has 2 atom stereocenters. The minimum Gasteiger partial charge on any atom is -0.449 e. The van der Waals surface area contributed by atoms with Crippen LogP contribution in [0, 0.1) is 17.8 Å². The van der Waals surface area contributed by atoms with E-state index >= 15 is 0 Å². The molecule has 0 radical (unpaired) electrons. The van der Waals surface area contributed by atoms with E-state index in [9.17, 15) is 14.3 Å². The number of esters is 1. The van der Waals surface area contributed by atoms with Gasteiger partial charge in [-0.3, -0.25) is 9.36 Å². The maximum absolute atomic E-state index is 13.9. The van der Waals surface area contributed by atoms with Crippen LogP contribution in [0.1, 0.15) is 57.7 Å². The van der Waals surface area contributed by atoms with Crippen LogP contribution in [0.15, 0.2) is 48.5 Å². The molecule has 5 rings (SSSR count). The molecule has 2 saturated heterocycles. The zero-order valence-corrected chi connectivity index (χ0v) is 21.3. The minimum absolute atomic E-state index is 0.0150. The summed E-state index contributed by atoms with van der Waals surface area (Å²) < 4.78 is 21.0. The lowest BCUT2D eigenvalue weighted by molar-refractivity contribution is -0.155. The van der Waals surface area contributed by atoms with Gasteiger partial charge >= 0.3 is 5.97 Å². The number of benzene rings is 2. The first-order valence-electron chi connectivity index (χ1n) is 13.0. The lowest BCUT2D eigenvalue weighted by Gasteiger charge is -2.29. The maximum Gasteiger partial charge on any atom is 0.309 e. The van der Waals surface area contributed by atoms with E-state index < -0.39 is 18.2 Å². The molecule has 2 aromatic carbocycles. The van der Waals surface area contributed by atoms with Crippen LogP contribution < -0.4 is 4.90 Å². The number of cyclic esters (lactones) is 1. The highest BCUT2D eigenvalue weighted by atomic mass is 19.1. The highest BCUT2D eigenvalue weighted by Crippen LogP contribution is 2.36. The number of nitrogens with zero attached hydrogens (tertiary/aromatic N) is 3. The second-order valence-corrected chi connectivity index (χ2v) is 10.1. The van der Waals surface area contributed by atoms with Crippen molar-refractivity contribution >= 4 is 11.7 Å². The second kappa shape index (κ2) is 10.8. The molecular formula is C30H32FN3O3. The lowest BCUT2D eigenvalue weighted by atomic mass is 10.0. The summed E-state index contributed by atoms with van der Waals surface area (Å²) >= 11 is 0. The SMILES string of the molecule is CC(C)c1nc(-c2cccc(N3CCCCC3)c2)c(-c2ccc(F)cc2)n1C#C[C@@H]1C[C@@H](O)CC(=O)O1. The van der Waals surface area contributed by atoms with E-state index in [1.54, 1.807) is 12.1 Å². The van der Waals surface area contributed by atoms with Gasteiger partial charge in [0.15, 0.2) is 6.10 Å². The van der Waals surface area contributed by atoms with Crippen molar-refractivity contribution in [2.24, 2.45) is 0 Å². The summed E-state index contributed by atoms with van der Waals surface area (Å²) in [5.41, 5.74) is 4.44. The fourth-order valence-corrected chi connectivity index (χ4v) is 5.02. The molecule has 2 aliphatic heterocycles. The Labute approximate surface area is 217 Å². The Morgan fingerprint density at radius 3 is 2.54 bits per heavy atom. The summed E-state index contributed by atoms with van der Waals surface area (Å²) in [6, 6.07) is 17.9. The number of piperidine rings is 1. The molecule has 0 bridgehead atoms. The third-order valence-corrected chi connectivity index (χ3v) is 6.88. The summed E-state index contributed by atoms with van der Waals surface area (Å²) in [7, 11) is 0. The van der Waals surface area contributed by atoms with E-state index in [-0.39, 0.29) is 24.6 Å². The average Bonchev–Trinajstić information content (AvgIpc) is 3.28. The normalized spacial score (nSPS) is 19.9. The number of ether oxygens (including phenoxy) is 1. The zero-order chi connectivity index (χ0) is 25.9. The molecule has 192 valence electrons. The summed E-state index contributed by atoms with van der Waals surface area (Å²) in [6.45, 7) is 6.18. The molecule has 37 heavy (non-hydrogen) atoms. The van der Waals surface area contributed by atoms with Crippen molar-refractivity contribution in [3.63, 3.8) is 0 Å². The largest absolute Gasteiger partial charge is 0.449 e. The molecule has 1 aromatic heterocycles. The van der Waals surface area contributed by atoms with Crippen molar-refractivity contribution in [1.29, 1.82) is 0 Å². The van der Waals surface area contributed by atoms with Crippen LogP contribution in [0.5, 0.6) is 0 Å². The number of hydrogen-bond acceptors (Lipinski definition) is 5. The van der Waals surface area contributed by atoms with Gasteiger partial charge < -0.3 is 14.7 Å². The number of carbonyl (C=O) groups excluding carboxylic acids is 1. The van der Waals surface area contributed by atoms with Gasteiger partial charge in [-0.2, -0.15) is 0 Å². The molecule has 0 aliphatic carbocycles. The van der Waals surface area contributed by atoms with Gasteiger partial charge in [0, 0.05) is 48.3 Å². The van der Waals surface area contributed by atoms with Crippen LogP contribution >= 0.6 is 0 Å². The van der Waals surface area contributed by atoms with Crippen molar-refractivity contribution in [2.75, 3.05) is 18.0 Å². The lowest BCUT2D eigenvalue weighted by Crippen LogP contribution is -2.31. The number of aromatic nitrogens is 2. The highest BCUT2D eigenvalue weighted by molar-refractivity contribution is 5.81. The fraction of sp³-hybridized carbons (Fsp3) is 0.400. The van der Waals surface area contributed by atoms with E-state index in [4.69, 9.17) is 9.72 Å². The Balaban J connectivity index is 1.64. The minimum atomic E-state index is -0.766. The quantitative estimate of drug-likeness (QED) is 0.386. The summed E-state index contributed by atoms with van der Waals surface area (Å²) in [5.74, 6) is 3.06. The van der Waals surface area contributed by atoms with Gasteiger partial charge in [0.25, 0.3) is 0 Å². The van der Waals surface area contributed by atoms with E-state index in [0.717, 1.165) is 47.1 Å². The van der Waals surface area contributed by atoms with Crippen LogP contribution in [-0.4, -0.2) is 45.9 Å².